The molecule has 1 aliphatic rings. The van der Waals surface area contributed by atoms with Gasteiger partial charge in [0.05, 0.1) is 6.57 Å². The summed E-state index contributed by atoms with van der Waals surface area (Å²) in [5.74, 6) is 1.70. The van der Waals surface area contributed by atoms with Crippen molar-refractivity contribution < 1.29 is 0 Å². The zero-order valence-corrected chi connectivity index (χ0v) is 13.5. The number of nitrogens with zero attached hydrogens (tertiary/aromatic N) is 3. The molecule has 2 aromatic carbocycles. The Hall–Kier alpha value is -3.22. The van der Waals surface area contributed by atoms with Gasteiger partial charge in [0.25, 0.3) is 0 Å². The summed E-state index contributed by atoms with van der Waals surface area (Å²) < 4.78 is 0. The zero-order valence-electron chi connectivity index (χ0n) is 13.5. The topological polar surface area (TPSA) is 64.0 Å². The van der Waals surface area contributed by atoms with Crippen LogP contribution in [0.2, 0.25) is 0 Å². The van der Waals surface area contributed by atoms with E-state index >= 15 is 0 Å². The molecule has 0 spiro atoms. The highest BCUT2D eigenvalue weighted by atomic mass is 16.2. The van der Waals surface area contributed by atoms with E-state index < -0.39 is 10.9 Å². The molecule has 0 unspecified atom stereocenters. The van der Waals surface area contributed by atoms with E-state index in [4.69, 9.17) is 12.0 Å². The van der Waals surface area contributed by atoms with Crippen LogP contribution in [-0.2, 0) is 5.41 Å². The van der Waals surface area contributed by atoms with E-state index in [1.807, 2.05) is 50.1 Å². The van der Waals surface area contributed by atoms with Crippen LogP contribution in [0.3, 0.4) is 0 Å². The number of allylic oxidation sites excluding steroid dienone is 1. The SMILES string of the molecule is [C-]#[N+]C(=C=[N-])c1c(C=C2N(C)c3ccccc3C2(C)C)c(=O)c1=O. The first kappa shape index (κ1) is 15.7. The second-order valence-corrected chi connectivity index (χ2v) is 6.25. The molecular formula is C19H14N3O2-. The van der Waals surface area contributed by atoms with E-state index in [1.54, 1.807) is 11.9 Å². The highest BCUT2D eigenvalue weighted by molar-refractivity contribution is 5.98. The van der Waals surface area contributed by atoms with Gasteiger partial charge in [-0.1, -0.05) is 32.0 Å². The number of likely N-dealkylation sites (N-methyl/N-ethyl adjacent to an activating group) is 1. The van der Waals surface area contributed by atoms with Gasteiger partial charge < -0.3 is 10.3 Å². The lowest BCUT2D eigenvalue weighted by Crippen LogP contribution is -2.38. The second kappa shape index (κ2) is 5.16. The number of rotatable bonds is 2. The minimum Gasteiger partial charge on any atom is -0.775 e. The molecule has 0 saturated carbocycles. The molecule has 2 aromatic rings. The molecule has 5 nitrogen and oxygen atoms in total. The maximum Gasteiger partial charge on any atom is 0.231 e. The minimum absolute atomic E-state index is 0.0647. The Morgan fingerprint density at radius 2 is 1.96 bits per heavy atom. The van der Waals surface area contributed by atoms with Crippen molar-refractivity contribution in [2.75, 3.05) is 11.9 Å². The summed E-state index contributed by atoms with van der Waals surface area (Å²) in [4.78, 5) is 28.8. The summed E-state index contributed by atoms with van der Waals surface area (Å²) in [5.41, 5.74) is 0.992. The molecule has 1 heterocycles. The first-order valence-electron chi connectivity index (χ1n) is 7.38. The number of fused-ring (bicyclic) bond motifs is 1. The summed E-state index contributed by atoms with van der Waals surface area (Å²) >= 11 is 0. The smallest absolute Gasteiger partial charge is 0.231 e. The van der Waals surface area contributed by atoms with Gasteiger partial charge in [-0.15, -0.1) is 0 Å². The van der Waals surface area contributed by atoms with Crippen LogP contribution < -0.4 is 15.8 Å². The van der Waals surface area contributed by atoms with Crippen LogP contribution in [0, 0.1) is 6.57 Å². The maximum atomic E-state index is 12.0. The predicted molar refractivity (Wildman–Crippen MR) is 95.6 cm³/mol. The van der Waals surface area contributed by atoms with Gasteiger partial charge in [0, 0.05) is 35.0 Å². The van der Waals surface area contributed by atoms with Gasteiger partial charge in [-0.05, 0) is 17.7 Å². The third-order valence-corrected chi connectivity index (χ3v) is 4.62. The van der Waals surface area contributed by atoms with Crippen LogP contribution in [0.25, 0.3) is 22.0 Å². The average Bonchev–Trinajstić information content (AvgIpc) is 2.78. The third kappa shape index (κ3) is 1.91. The second-order valence-electron chi connectivity index (χ2n) is 6.25. The number of benzene rings is 1. The van der Waals surface area contributed by atoms with Crippen molar-refractivity contribution in [2.45, 2.75) is 19.3 Å². The molecule has 0 fully saturated rings. The fraction of sp³-hybridized carbons (Fsp3) is 0.211. The molecule has 0 N–H and O–H groups in total. The third-order valence-electron chi connectivity index (χ3n) is 4.62. The Morgan fingerprint density at radius 3 is 2.54 bits per heavy atom. The van der Waals surface area contributed by atoms with Crippen molar-refractivity contribution >= 4 is 23.3 Å². The van der Waals surface area contributed by atoms with Crippen molar-refractivity contribution in [3.05, 3.63) is 83.9 Å². The Kier molecular flexibility index (Phi) is 3.37. The van der Waals surface area contributed by atoms with Crippen molar-refractivity contribution in [3.8, 4) is 0 Å². The van der Waals surface area contributed by atoms with Crippen molar-refractivity contribution in [1.29, 1.82) is 0 Å². The van der Waals surface area contributed by atoms with Gasteiger partial charge >= 0.3 is 0 Å². The van der Waals surface area contributed by atoms with Crippen molar-refractivity contribution in [3.63, 3.8) is 0 Å². The molecule has 1 aliphatic heterocycles. The van der Waals surface area contributed by atoms with Gasteiger partial charge in [0.15, 0.2) is 0 Å². The van der Waals surface area contributed by atoms with E-state index in [2.05, 4.69) is 4.85 Å². The minimum atomic E-state index is -0.759. The quantitative estimate of drug-likeness (QED) is 0.486. The van der Waals surface area contributed by atoms with Crippen LogP contribution in [-0.4, -0.2) is 12.9 Å². The Balaban J connectivity index is 2.21. The fourth-order valence-electron chi connectivity index (χ4n) is 3.31. The van der Waals surface area contributed by atoms with Crippen molar-refractivity contribution in [1.82, 2.24) is 0 Å². The van der Waals surface area contributed by atoms with E-state index in [0.717, 1.165) is 16.9 Å². The first-order chi connectivity index (χ1) is 11.3. The van der Waals surface area contributed by atoms with E-state index in [0.29, 0.717) is 0 Å². The summed E-state index contributed by atoms with van der Waals surface area (Å²) in [6.45, 7) is 11.1. The van der Waals surface area contributed by atoms with Crippen LogP contribution >= 0.6 is 0 Å². The van der Waals surface area contributed by atoms with E-state index in [1.165, 1.54) is 0 Å². The molecule has 118 valence electrons. The lowest BCUT2D eigenvalue weighted by atomic mass is 9.82. The van der Waals surface area contributed by atoms with Gasteiger partial charge in [-0.2, -0.15) is 0 Å². The first-order valence-corrected chi connectivity index (χ1v) is 7.38. The largest absolute Gasteiger partial charge is 0.775 e. The van der Waals surface area contributed by atoms with Gasteiger partial charge in [0.2, 0.25) is 16.6 Å². The standard InChI is InChI=1S/C19H14N3O2/c1-19(2)12-7-5-6-8-14(12)22(4)15(19)9-11-16(13(10-20)21-3)18(24)17(11)23/h5-9H,1-2,4H3/q-1. The molecule has 0 saturated heterocycles. The van der Waals surface area contributed by atoms with E-state index in [-0.39, 0.29) is 22.2 Å². The molecule has 0 aromatic heterocycles. The van der Waals surface area contributed by atoms with Crippen LogP contribution in [0.4, 0.5) is 5.69 Å². The average molecular weight is 316 g/mol. The number of anilines is 1. The summed E-state index contributed by atoms with van der Waals surface area (Å²) in [7, 11) is 1.90. The predicted octanol–water partition coefficient (Wildman–Crippen LogP) is 2.55. The molecule has 0 amide bonds. The Labute approximate surface area is 139 Å². The number of hydrogen-bond donors (Lipinski definition) is 0. The Morgan fingerprint density at radius 1 is 1.29 bits per heavy atom. The van der Waals surface area contributed by atoms with Gasteiger partial charge in [-0.25, -0.2) is 4.85 Å². The molecule has 5 heteroatoms. The van der Waals surface area contributed by atoms with Crippen LogP contribution in [0.5, 0.6) is 0 Å². The summed E-state index contributed by atoms with van der Waals surface area (Å²) in [5, 5.41) is 9.01. The molecule has 0 bridgehead atoms. The lowest BCUT2D eigenvalue weighted by Gasteiger charge is -2.24. The summed E-state index contributed by atoms with van der Waals surface area (Å²) in [6, 6.07) is 7.92. The molecule has 3 rings (SSSR count). The molecule has 24 heavy (non-hydrogen) atoms. The number of para-hydroxylation sites is 1. The van der Waals surface area contributed by atoms with Gasteiger partial charge in [-0.3, -0.25) is 15.5 Å². The van der Waals surface area contributed by atoms with Crippen LogP contribution in [0.15, 0.2) is 39.6 Å². The molecule has 0 atom stereocenters. The van der Waals surface area contributed by atoms with Crippen LogP contribution in [0.1, 0.15) is 30.5 Å². The number of hydrogen-bond acceptors (Lipinski definition) is 3. The molecule has 0 radical (unpaired) electrons. The highest BCUT2D eigenvalue weighted by Crippen LogP contribution is 2.47. The highest BCUT2D eigenvalue weighted by Gasteiger charge is 2.39. The fourth-order valence-corrected chi connectivity index (χ4v) is 3.31. The van der Waals surface area contributed by atoms with Crippen molar-refractivity contribution in [2.24, 2.45) is 0 Å². The molecular weight excluding hydrogens is 302 g/mol. The van der Waals surface area contributed by atoms with Gasteiger partial charge in [0.1, 0.15) is 0 Å². The maximum absolute atomic E-state index is 12.0. The van der Waals surface area contributed by atoms with E-state index in [9.17, 15) is 9.59 Å². The molecule has 0 aliphatic carbocycles. The normalized spacial score (nSPS) is 16.8. The summed E-state index contributed by atoms with van der Waals surface area (Å²) in [6.07, 6.45) is 1.64. The Bertz CT molecular complexity index is 1050. The zero-order chi connectivity index (χ0) is 17.6. The lowest BCUT2D eigenvalue weighted by molar-refractivity contribution is 0.645. The monoisotopic (exact) mass is 316 g/mol.